The van der Waals surface area contributed by atoms with Crippen LogP contribution in [-0.2, 0) is 0 Å². The van der Waals surface area contributed by atoms with Gasteiger partial charge in [0.05, 0.1) is 12.0 Å². The second-order valence-electron chi connectivity index (χ2n) is 9.89. The van der Waals surface area contributed by atoms with Gasteiger partial charge in [0.1, 0.15) is 6.17 Å². The van der Waals surface area contributed by atoms with Gasteiger partial charge in [0.2, 0.25) is 0 Å². The molecule has 2 nitrogen and oxygen atoms in total. The number of piperidine rings is 1. The largest absolute Gasteiger partial charge is 0.303 e. The van der Waals surface area contributed by atoms with Crippen LogP contribution in [0.1, 0.15) is 64.7 Å². The Hall–Kier alpha value is -0.330. The lowest BCUT2D eigenvalue weighted by molar-refractivity contribution is 0.0769. The number of nitrogens with zero attached hydrogens (tertiary/aromatic N) is 2. The highest BCUT2D eigenvalue weighted by Crippen LogP contribution is 2.59. The molecule has 4 heteroatoms. The minimum atomic E-state index is -0.943. The van der Waals surface area contributed by atoms with Gasteiger partial charge in [0.25, 0.3) is 0 Å². The van der Waals surface area contributed by atoms with Crippen LogP contribution >= 0.6 is 11.6 Å². The third-order valence-electron chi connectivity index (χ3n) is 8.50. The summed E-state index contributed by atoms with van der Waals surface area (Å²) in [4.78, 5) is 2.66. The molecule has 0 bridgehead atoms. The van der Waals surface area contributed by atoms with E-state index in [2.05, 4.69) is 17.9 Å². The smallest absolute Gasteiger partial charge is 0.116 e. The van der Waals surface area contributed by atoms with E-state index in [0.29, 0.717) is 29.6 Å². The van der Waals surface area contributed by atoms with Gasteiger partial charge in [-0.3, -0.25) is 0 Å². The molecule has 4 fully saturated rings. The van der Waals surface area contributed by atoms with Crippen LogP contribution in [0.3, 0.4) is 0 Å². The highest BCUT2D eigenvalue weighted by atomic mass is 35.5. The van der Waals surface area contributed by atoms with Gasteiger partial charge in [-0.25, -0.2) is 4.39 Å². The van der Waals surface area contributed by atoms with Gasteiger partial charge in [-0.2, -0.15) is 5.26 Å². The fourth-order valence-electron chi connectivity index (χ4n) is 6.41. The van der Waals surface area contributed by atoms with Crippen LogP contribution in [0.15, 0.2) is 0 Å². The summed E-state index contributed by atoms with van der Waals surface area (Å²) in [5.74, 6) is 1.96. The Balaban J connectivity index is 1.30. The topological polar surface area (TPSA) is 27.0 Å². The Labute approximate surface area is 163 Å². The number of halogens is 2. The Morgan fingerprint density at radius 2 is 1.92 bits per heavy atom. The van der Waals surface area contributed by atoms with E-state index in [4.69, 9.17) is 16.9 Å². The highest BCUT2D eigenvalue weighted by molar-refractivity contribution is 6.21. The first-order valence-electron chi connectivity index (χ1n) is 10.9. The van der Waals surface area contributed by atoms with Crippen LogP contribution in [-0.4, -0.2) is 36.1 Å². The van der Waals surface area contributed by atoms with Crippen LogP contribution in [0.5, 0.6) is 0 Å². The van der Waals surface area contributed by atoms with Gasteiger partial charge in [0.15, 0.2) is 0 Å². The first-order valence-corrected chi connectivity index (χ1v) is 11.4. The van der Waals surface area contributed by atoms with Crippen molar-refractivity contribution in [3.63, 3.8) is 0 Å². The molecule has 7 atom stereocenters. The third kappa shape index (κ3) is 3.66. The normalized spacial score (nSPS) is 46.0. The minimum absolute atomic E-state index is 0.190. The van der Waals surface area contributed by atoms with Crippen LogP contribution in [0, 0.1) is 46.3 Å². The molecule has 1 spiro atoms. The molecule has 7 unspecified atom stereocenters. The van der Waals surface area contributed by atoms with Gasteiger partial charge in [-0.1, -0.05) is 13.3 Å². The van der Waals surface area contributed by atoms with E-state index in [-0.39, 0.29) is 11.3 Å². The molecule has 3 aliphatic carbocycles. The van der Waals surface area contributed by atoms with Crippen molar-refractivity contribution in [3.8, 4) is 6.07 Å². The van der Waals surface area contributed by atoms with Gasteiger partial charge in [-0.15, -0.1) is 11.6 Å². The second kappa shape index (κ2) is 7.59. The summed E-state index contributed by atoms with van der Waals surface area (Å²) < 4.78 is 14.3. The maximum atomic E-state index is 14.3. The molecule has 4 aliphatic rings. The first kappa shape index (κ1) is 19.0. The van der Waals surface area contributed by atoms with E-state index >= 15 is 0 Å². The zero-order chi connectivity index (χ0) is 18.3. The average Bonchev–Trinajstić information content (AvgIpc) is 3.27. The maximum absolute atomic E-state index is 14.3. The molecular formula is C22H34ClFN2. The molecular weight excluding hydrogens is 347 g/mol. The molecule has 3 saturated carbocycles. The zero-order valence-electron chi connectivity index (χ0n) is 16.2. The summed E-state index contributed by atoms with van der Waals surface area (Å²) in [5.41, 5.74) is 0.696. The predicted molar refractivity (Wildman–Crippen MR) is 104 cm³/mol. The molecule has 0 aromatic rings. The summed E-state index contributed by atoms with van der Waals surface area (Å²) in [6, 6.07) is 2.15. The average molecular weight is 381 g/mol. The van der Waals surface area contributed by atoms with E-state index in [0.717, 1.165) is 31.7 Å². The van der Waals surface area contributed by atoms with Crippen molar-refractivity contribution in [1.29, 1.82) is 5.26 Å². The number of hydrogen-bond donors (Lipinski definition) is 0. The lowest BCUT2D eigenvalue weighted by atomic mass is 9.68. The zero-order valence-corrected chi connectivity index (χ0v) is 16.9. The van der Waals surface area contributed by atoms with Gasteiger partial charge >= 0.3 is 0 Å². The molecule has 4 rings (SSSR count). The molecule has 0 amide bonds. The number of alkyl halides is 2. The first-order chi connectivity index (χ1) is 12.5. The van der Waals surface area contributed by atoms with Gasteiger partial charge in [0, 0.05) is 11.9 Å². The summed E-state index contributed by atoms with van der Waals surface area (Å²) in [5, 5.41) is 9.26. The molecule has 146 valence electrons. The van der Waals surface area contributed by atoms with Crippen molar-refractivity contribution in [3.05, 3.63) is 0 Å². The summed E-state index contributed by atoms with van der Waals surface area (Å²) in [6.07, 6.45) is 9.14. The number of nitriles is 1. The molecule has 0 aromatic carbocycles. The quantitative estimate of drug-likeness (QED) is 0.612. The Morgan fingerprint density at radius 1 is 1.19 bits per heavy atom. The van der Waals surface area contributed by atoms with Crippen LogP contribution < -0.4 is 0 Å². The molecule has 1 saturated heterocycles. The van der Waals surface area contributed by atoms with Crippen molar-refractivity contribution < 1.29 is 4.39 Å². The van der Waals surface area contributed by atoms with Crippen LogP contribution in [0.25, 0.3) is 0 Å². The van der Waals surface area contributed by atoms with Crippen LogP contribution in [0.2, 0.25) is 0 Å². The lowest BCUT2D eigenvalue weighted by Gasteiger charge is -2.44. The number of hydrogen-bond acceptors (Lipinski definition) is 2. The van der Waals surface area contributed by atoms with Crippen molar-refractivity contribution in [1.82, 2.24) is 4.90 Å². The van der Waals surface area contributed by atoms with Gasteiger partial charge < -0.3 is 4.90 Å². The minimum Gasteiger partial charge on any atom is -0.303 e. The number of rotatable bonds is 3. The lowest BCUT2D eigenvalue weighted by Crippen LogP contribution is -2.44. The summed E-state index contributed by atoms with van der Waals surface area (Å²) >= 11 is 7.00. The molecule has 26 heavy (non-hydrogen) atoms. The monoisotopic (exact) mass is 380 g/mol. The Bertz CT molecular complexity index is 539. The highest BCUT2D eigenvalue weighted by Gasteiger charge is 2.52. The fourth-order valence-corrected chi connectivity index (χ4v) is 6.95. The van der Waals surface area contributed by atoms with E-state index in [9.17, 15) is 4.39 Å². The fraction of sp³-hybridized carbons (Fsp3) is 0.955. The van der Waals surface area contributed by atoms with E-state index in [1.165, 1.54) is 45.2 Å². The van der Waals surface area contributed by atoms with Crippen molar-refractivity contribution in [2.45, 2.75) is 76.3 Å². The third-order valence-corrected chi connectivity index (χ3v) is 9.18. The molecule has 0 N–H and O–H groups in total. The predicted octanol–water partition coefficient (Wildman–Crippen LogP) is 5.41. The summed E-state index contributed by atoms with van der Waals surface area (Å²) in [6.45, 7) is 6.04. The molecule has 0 radical (unpaired) electrons. The number of likely N-dealkylation sites (tertiary alicyclic amines) is 1. The Kier molecular flexibility index (Phi) is 5.55. The molecule has 1 aliphatic heterocycles. The summed E-state index contributed by atoms with van der Waals surface area (Å²) in [7, 11) is 0. The van der Waals surface area contributed by atoms with Crippen molar-refractivity contribution >= 4 is 11.6 Å². The molecule has 1 heterocycles. The van der Waals surface area contributed by atoms with Crippen molar-refractivity contribution in [2.24, 2.45) is 35.0 Å². The SMILES string of the molecule is CC1CC12CCN(CC1CCCC(C3CCC(C#N)C(F)C3)C1Cl)CC2. The van der Waals surface area contributed by atoms with Gasteiger partial charge in [-0.05, 0) is 93.5 Å². The Morgan fingerprint density at radius 3 is 2.54 bits per heavy atom. The standard InChI is InChI=1S/C22H34ClFN2/c1-15-12-22(15)7-9-26(10-8-22)14-18-3-2-4-19(21(18)23)16-5-6-17(13-25)20(24)11-16/h15-21H,2-12,14H2,1H3. The van der Waals surface area contributed by atoms with Crippen LogP contribution in [0.4, 0.5) is 4.39 Å². The second-order valence-corrected chi connectivity index (χ2v) is 10.4. The van der Waals surface area contributed by atoms with E-state index in [1.54, 1.807) is 0 Å². The van der Waals surface area contributed by atoms with E-state index < -0.39 is 6.17 Å². The van der Waals surface area contributed by atoms with E-state index in [1.807, 2.05) is 0 Å². The maximum Gasteiger partial charge on any atom is 0.116 e. The molecule has 0 aromatic heterocycles. The van der Waals surface area contributed by atoms with Crippen molar-refractivity contribution in [2.75, 3.05) is 19.6 Å².